The van der Waals surface area contributed by atoms with Gasteiger partial charge in [0, 0.05) is 78.1 Å². The molecule has 1 amide bonds. The Morgan fingerprint density at radius 1 is 1.40 bits per heavy atom. The molecular formula is C10H12NO2Y2-. The second kappa shape index (κ2) is 7.89. The zero-order valence-corrected chi connectivity index (χ0v) is 14.8. The molecule has 0 atom stereocenters. The number of aromatic hydroxyl groups is 1. The molecule has 0 saturated heterocycles. The van der Waals surface area contributed by atoms with Crippen LogP contribution in [0.2, 0.25) is 0 Å². The molecule has 1 aromatic rings. The monoisotopic (exact) mass is 356 g/mol. The van der Waals surface area contributed by atoms with Crippen LogP contribution in [0.15, 0.2) is 6.07 Å². The summed E-state index contributed by atoms with van der Waals surface area (Å²) < 4.78 is 0. The standard InChI is InChI=1S/C10H12NO2.2Y/c1-6-4-5-9(11-8(3)12)10(13)7(6)2;;/h5,13H,1-3H3,(H,11,12);;/q-1;;. The summed E-state index contributed by atoms with van der Waals surface area (Å²) in [6.45, 7) is 5.04. The van der Waals surface area contributed by atoms with E-state index in [1.165, 1.54) is 6.92 Å². The smallest absolute Gasteiger partial charge is 0.210 e. The van der Waals surface area contributed by atoms with Crippen LogP contribution in [0.3, 0.4) is 0 Å². The van der Waals surface area contributed by atoms with E-state index >= 15 is 0 Å². The molecule has 0 aliphatic heterocycles. The molecule has 15 heavy (non-hydrogen) atoms. The van der Waals surface area contributed by atoms with E-state index in [2.05, 4.69) is 11.4 Å². The number of rotatable bonds is 1. The third-order valence-corrected chi connectivity index (χ3v) is 1.92. The summed E-state index contributed by atoms with van der Waals surface area (Å²) in [4.78, 5) is 10.7. The number of hydrogen-bond donors (Lipinski definition) is 2. The van der Waals surface area contributed by atoms with Crippen molar-refractivity contribution < 1.29 is 75.3 Å². The van der Waals surface area contributed by atoms with Crippen LogP contribution >= 0.6 is 0 Å². The number of phenols is 1. The number of amides is 1. The van der Waals surface area contributed by atoms with E-state index in [1.54, 1.807) is 13.0 Å². The molecule has 1 aromatic carbocycles. The van der Waals surface area contributed by atoms with Crippen molar-refractivity contribution in [2.24, 2.45) is 0 Å². The third kappa shape index (κ3) is 5.03. The van der Waals surface area contributed by atoms with Gasteiger partial charge in [-0.3, -0.25) is 4.79 Å². The van der Waals surface area contributed by atoms with E-state index < -0.39 is 0 Å². The molecule has 0 heterocycles. The van der Waals surface area contributed by atoms with Crippen LogP contribution < -0.4 is 5.32 Å². The molecule has 0 aromatic heterocycles. The molecule has 0 aliphatic rings. The van der Waals surface area contributed by atoms with Crippen LogP contribution in [0, 0.1) is 19.9 Å². The first-order valence-corrected chi connectivity index (χ1v) is 4.01. The first-order valence-electron chi connectivity index (χ1n) is 4.01. The van der Waals surface area contributed by atoms with Crippen LogP contribution in [0.1, 0.15) is 18.1 Å². The summed E-state index contributed by atoms with van der Waals surface area (Å²) >= 11 is 0. The van der Waals surface area contributed by atoms with Gasteiger partial charge in [0.05, 0.1) is 0 Å². The van der Waals surface area contributed by atoms with Crippen molar-refractivity contribution in [3.8, 4) is 5.75 Å². The maximum absolute atomic E-state index is 10.7. The summed E-state index contributed by atoms with van der Waals surface area (Å²) in [7, 11) is 0. The molecule has 0 spiro atoms. The Morgan fingerprint density at radius 2 is 1.93 bits per heavy atom. The van der Waals surface area contributed by atoms with Gasteiger partial charge in [0.25, 0.3) is 0 Å². The van der Waals surface area contributed by atoms with Crippen LogP contribution in [-0.2, 0) is 70.2 Å². The molecule has 5 heteroatoms. The van der Waals surface area contributed by atoms with Crippen LogP contribution in [-0.4, -0.2) is 11.0 Å². The van der Waals surface area contributed by atoms with E-state index in [0.717, 1.165) is 11.1 Å². The Hall–Kier alpha value is 0.698. The van der Waals surface area contributed by atoms with Crippen LogP contribution in [0.4, 0.5) is 5.69 Å². The number of anilines is 1. The maximum Gasteiger partial charge on any atom is 0.210 e. The second-order valence-corrected chi connectivity index (χ2v) is 2.98. The maximum atomic E-state index is 10.7. The van der Waals surface area contributed by atoms with E-state index in [4.69, 9.17) is 0 Å². The number of benzene rings is 1. The van der Waals surface area contributed by atoms with Gasteiger partial charge in [0.2, 0.25) is 5.91 Å². The molecule has 0 unspecified atom stereocenters. The van der Waals surface area contributed by atoms with Gasteiger partial charge in [-0.05, 0) is 5.69 Å². The number of hydrogen-bond acceptors (Lipinski definition) is 2. The average molecular weight is 356 g/mol. The molecular weight excluding hydrogens is 344 g/mol. The summed E-state index contributed by atoms with van der Waals surface area (Å²) in [5, 5.41) is 12.1. The summed E-state index contributed by atoms with van der Waals surface area (Å²) in [6.07, 6.45) is 0. The SMILES string of the molecule is CC(=O)Nc1c[c-]c(C)c(C)c1O.[Y].[Y]. The fraction of sp³-hybridized carbons (Fsp3) is 0.300. The van der Waals surface area contributed by atoms with Crippen molar-refractivity contribution in [3.05, 3.63) is 23.3 Å². The minimum absolute atomic E-state index is 0. The number of aryl methyl sites for hydroxylation is 1. The zero-order chi connectivity index (χ0) is 10.0. The van der Waals surface area contributed by atoms with Gasteiger partial charge in [-0.1, -0.05) is 13.8 Å². The Balaban J connectivity index is 0. The number of carbonyl (C=O) groups is 1. The Kier molecular flexibility index (Phi) is 9.50. The third-order valence-electron chi connectivity index (χ3n) is 1.92. The largest absolute Gasteiger partial charge is 0.531 e. The number of phenolic OH excluding ortho intramolecular Hbond substituents is 1. The number of carbonyl (C=O) groups excluding carboxylic acids is 1. The first kappa shape index (κ1) is 18.1. The van der Waals surface area contributed by atoms with Crippen LogP contribution in [0.5, 0.6) is 5.75 Å². The van der Waals surface area contributed by atoms with Gasteiger partial charge in [-0.2, -0.15) is 17.7 Å². The zero-order valence-electron chi connectivity index (χ0n) is 9.09. The van der Waals surface area contributed by atoms with Crippen molar-refractivity contribution in [1.29, 1.82) is 0 Å². The van der Waals surface area contributed by atoms with Crippen molar-refractivity contribution in [2.45, 2.75) is 20.8 Å². The molecule has 0 fully saturated rings. The molecule has 3 nitrogen and oxygen atoms in total. The van der Waals surface area contributed by atoms with Gasteiger partial charge in [-0.25, -0.2) is 0 Å². The summed E-state index contributed by atoms with van der Waals surface area (Å²) in [5.74, 6) is -0.0848. The number of nitrogens with one attached hydrogen (secondary N) is 1. The van der Waals surface area contributed by atoms with Crippen molar-refractivity contribution in [2.75, 3.05) is 5.32 Å². The van der Waals surface area contributed by atoms with Gasteiger partial charge in [0.1, 0.15) is 0 Å². The minimum atomic E-state index is -0.202. The van der Waals surface area contributed by atoms with E-state index in [9.17, 15) is 9.90 Å². The molecule has 76 valence electrons. The molecule has 1 rings (SSSR count). The summed E-state index contributed by atoms with van der Waals surface area (Å²) in [6, 6.07) is 4.51. The normalized spacial score (nSPS) is 8.47. The van der Waals surface area contributed by atoms with E-state index in [1.807, 2.05) is 6.92 Å². The van der Waals surface area contributed by atoms with Crippen molar-refractivity contribution in [3.63, 3.8) is 0 Å². The molecule has 0 bridgehead atoms. The Bertz CT molecular complexity index is 354. The van der Waals surface area contributed by atoms with Crippen LogP contribution in [0.25, 0.3) is 0 Å². The predicted molar refractivity (Wildman–Crippen MR) is 50.7 cm³/mol. The van der Waals surface area contributed by atoms with E-state index in [0.29, 0.717) is 5.69 Å². The fourth-order valence-corrected chi connectivity index (χ4v) is 1.02. The second-order valence-electron chi connectivity index (χ2n) is 2.98. The molecule has 2 N–H and O–H groups in total. The fourth-order valence-electron chi connectivity index (χ4n) is 1.02. The van der Waals surface area contributed by atoms with Gasteiger partial charge >= 0.3 is 0 Å². The van der Waals surface area contributed by atoms with Crippen molar-refractivity contribution >= 4 is 11.6 Å². The first-order chi connectivity index (χ1) is 6.02. The quantitative estimate of drug-likeness (QED) is 0.595. The van der Waals surface area contributed by atoms with Gasteiger partial charge < -0.3 is 10.4 Å². The van der Waals surface area contributed by atoms with Crippen molar-refractivity contribution in [1.82, 2.24) is 0 Å². The van der Waals surface area contributed by atoms with Gasteiger partial charge in [0.15, 0.2) is 0 Å². The Labute approximate surface area is 140 Å². The minimum Gasteiger partial charge on any atom is -0.531 e. The molecule has 0 aliphatic carbocycles. The van der Waals surface area contributed by atoms with E-state index in [-0.39, 0.29) is 77.1 Å². The topological polar surface area (TPSA) is 49.3 Å². The Morgan fingerprint density at radius 3 is 2.40 bits per heavy atom. The predicted octanol–water partition coefficient (Wildman–Crippen LogP) is 1.76. The molecule has 2 radical (unpaired) electrons. The molecule has 0 saturated carbocycles. The average Bonchev–Trinajstić information content (AvgIpc) is 2.06. The van der Waals surface area contributed by atoms with Gasteiger partial charge in [-0.15, -0.1) is 5.56 Å². The summed E-state index contributed by atoms with van der Waals surface area (Å²) in [5.41, 5.74) is 2.04.